The number of hydrogen-bond donors (Lipinski definition) is 1. The molecule has 1 aliphatic heterocycles. The third-order valence-electron chi connectivity index (χ3n) is 3.12. The zero-order valence-electron chi connectivity index (χ0n) is 10.3. The highest BCUT2D eigenvalue weighted by molar-refractivity contribution is 7.80. The van der Waals surface area contributed by atoms with Gasteiger partial charge in [0.1, 0.15) is 0 Å². The van der Waals surface area contributed by atoms with Crippen LogP contribution >= 0.6 is 12.6 Å². The minimum Gasteiger partial charge on any atom is -0.376 e. The van der Waals surface area contributed by atoms with Gasteiger partial charge < -0.3 is 9.80 Å². The summed E-state index contributed by atoms with van der Waals surface area (Å²) in [5, 5.41) is 0. The minimum absolute atomic E-state index is 0.207. The van der Waals surface area contributed by atoms with Crippen molar-refractivity contribution in [3.8, 4) is 0 Å². The molecule has 2 rings (SSSR count). The van der Waals surface area contributed by atoms with E-state index >= 15 is 0 Å². The van der Waals surface area contributed by atoms with E-state index in [1.54, 1.807) is 0 Å². The number of rotatable bonds is 3. The maximum atomic E-state index is 12.0. The zero-order valence-corrected chi connectivity index (χ0v) is 11.2. The number of carbonyl (C=O) groups excluding carboxylic acids is 1. The molecular formula is C13H18N2OS. The first-order chi connectivity index (χ1) is 8.13. The zero-order chi connectivity index (χ0) is 12.4. The lowest BCUT2D eigenvalue weighted by Gasteiger charge is -2.24. The molecule has 0 aromatic heterocycles. The summed E-state index contributed by atoms with van der Waals surface area (Å²) < 4.78 is 0. The van der Waals surface area contributed by atoms with E-state index in [1.807, 2.05) is 48.2 Å². The fourth-order valence-corrected chi connectivity index (χ4v) is 2.45. The first-order valence-electron chi connectivity index (χ1n) is 5.81. The third kappa shape index (κ3) is 2.41. The largest absolute Gasteiger partial charge is 0.376 e. The van der Waals surface area contributed by atoms with Gasteiger partial charge in [0.25, 0.3) is 0 Å². The van der Waals surface area contributed by atoms with Gasteiger partial charge in [0.2, 0.25) is 5.91 Å². The lowest BCUT2D eigenvalue weighted by atomic mass is 10.1. The second kappa shape index (κ2) is 5.00. The molecule has 0 spiro atoms. The Hall–Kier alpha value is -1.16. The van der Waals surface area contributed by atoms with Crippen molar-refractivity contribution < 1.29 is 4.79 Å². The van der Waals surface area contributed by atoms with Crippen molar-refractivity contribution in [3.05, 3.63) is 24.3 Å². The van der Waals surface area contributed by atoms with Crippen LogP contribution in [0.15, 0.2) is 24.3 Å². The number of anilines is 2. The Morgan fingerprint density at radius 2 is 2.12 bits per heavy atom. The number of benzene rings is 1. The second-order valence-electron chi connectivity index (χ2n) is 4.64. The molecule has 1 unspecified atom stereocenters. The molecule has 3 nitrogen and oxygen atoms in total. The van der Waals surface area contributed by atoms with Crippen molar-refractivity contribution in [1.82, 2.24) is 0 Å². The van der Waals surface area contributed by atoms with Crippen LogP contribution in [-0.4, -0.2) is 32.3 Å². The van der Waals surface area contributed by atoms with Gasteiger partial charge in [0, 0.05) is 27.1 Å². The van der Waals surface area contributed by atoms with Crippen LogP contribution in [0.3, 0.4) is 0 Å². The summed E-state index contributed by atoms with van der Waals surface area (Å²) in [6.07, 6.45) is 0.616. The van der Waals surface area contributed by atoms with E-state index in [4.69, 9.17) is 0 Å². The van der Waals surface area contributed by atoms with Crippen molar-refractivity contribution in [2.75, 3.05) is 36.2 Å². The SMILES string of the molecule is CN(C)c1ccccc1N1CC(CS)CC1=O. The average molecular weight is 250 g/mol. The minimum atomic E-state index is 0.207. The smallest absolute Gasteiger partial charge is 0.227 e. The van der Waals surface area contributed by atoms with Crippen LogP contribution in [0, 0.1) is 5.92 Å². The maximum Gasteiger partial charge on any atom is 0.227 e. The summed E-state index contributed by atoms with van der Waals surface area (Å²) in [5.74, 6) is 1.35. The van der Waals surface area contributed by atoms with Gasteiger partial charge in [-0.25, -0.2) is 0 Å². The Bertz CT molecular complexity index is 420. The Balaban J connectivity index is 2.31. The van der Waals surface area contributed by atoms with E-state index in [-0.39, 0.29) is 5.91 Å². The van der Waals surface area contributed by atoms with Crippen molar-refractivity contribution in [2.24, 2.45) is 5.92 Å². The highest BCUT2D eigenvalue weighted by atomic mass is 32.1. The van der Waals surface area contributed by atoms with Crippen LogP contribution in [0.2, 0.25) is 0 Å². The van der Waals surface area contributed by atoms with Gasteiger partial charge in [0.15, 0.2) is 0 Å². The molecule has 1 saturated heterocycles. The fourth-order valence-electron chi connectivity index (χ4n) is 2.21. The number of carbonyl (C=O) groups is 1. The normalized spacial score (nSPS) is 19.8. The Labute approximate surface area is 108 Å². The summed E-state index contributed by atoms with van der Waals surface area (Å²) in [5.41, 5.74) is 2.09. The monoisotopic (exact) mass is 250 g/mol. The van der Waals surface area contributed by atoms with Crippen molar-refractivity contribution in [2.45, 2.75) is 6.42 Å². The number of hydrogen-bond acceptors (Lipinski definition) is 3. The van der Waals surface area contributed by atoms with Gasteiger partial charge >= 0.3 is 0 Å². The van der Waals surface area contributed by atoms with Gasteiger partial charge in [-0.3, -0.25) is 4.79 Å². The van der Waals surface area contributed by atoms with E-state index in [1.165, 1.54) is 0 Å². The van der Waals surface area contributed by atoms with Gasteiger partial charge in [0.05, 0.1) is 11.4 Å². The predicted octanol–water partition coefficient (Wildman–Crippen LogP) is 2.04. The predicted molar refractivity (Wildman–Crippen MR) is 75.1 cm³/mol. The van der Waals surface area contributed by atoms with Crippen molar-refractivity contribution in [1.29, 1.82) is 0 Å². The van der Waals surface area contributed by atoms with E-state index in [2.05, 4.69) is 12.6 Å². The fraction of sp³-hybridized carbons (Fsp3) is 0.462. The van der Waals surface area contributed by atoms with Crippen LogP contribution in [-0.2, 0) is 4.79 Å². The summed E-state index contributed by atoms with van der Waals surface area (Å²) in [6, 6.07) is 8.02. The molecule has 92 valence electrons. The molecule has 1 heterocycles. The maximum absolute atomic E-state index is 12.0. The highest BCUT2D eigenvalue weighted by Crippen LogP contribution is 2.32. The summed E-state index contributed by atoms with van der Waals surface area (Å²) in [6.45, 7) is 0.785. The van der Waals surface area contributed by atoms with Gasteiger partial charge in [-0.1, -0.05) is 12.1 Å². The van der Waals surface area contributed by atoms with Crippen LogP contribution in [0.25, 0.3) is 0 Å². The lowest BCUT2D eigenvalue weighted by Crippen LogP contribution is -2.26. The van der Waals surface area contributed by atoms with Crippen molar-refractivity contribution >= 4 is 29.9 Å². The van der Waals surface area contributed by atoms with E-state index in [9.17, 15) is 4.79 Å². The first-order valence-corrected chi connectivity index (χ1v) is 6.44. The summed E-state index contributed by atoms with van der Waals surface area (Å²) >= 11 is 4.29. The number of nitrogens with zero attached hydrogens (tertiary/aromatic N) is 2. The molecule has 0 saturated carbocycles. The second-order valence-corrected chi connectivity index (χ2v) is 5.01. The number of amides is 1. The number of para-hydroxylation sites is 2. The third-order valence-corrected chi connectivity index (χ3v) is 3.63. The molecule has 0 N–H and O–H groups in total. The molecular weight excluding hydrogens is 232 g/mol. The molecule has 1 atom stereocenters. The molecule has 4 heteroatoms. The summed E-state index contributed by atoms with van der Waals surface area (Å²) in [7, 11) is 3.99. The van der Waals surface area contributed by atoms with Gasteiger partial charge in [-0.05, 0) is 23.8 Å². The lowest BCUT2D eigenvalue weighted by molar-refractivity contribution is -0.117. The molecule has 1 aromatic carbocycles. The Kier molecular flexibility index (Phi) is 3.62. The highest BCUT2D eigenvalue weighted by Gasteiger charge is 2.30. The Morgan fingerprint density at radius 3 is 2.71 bits per heavy atom. The van der Waals surface area contributed by atoms with Crippen LogP contribution in [0.5, 0.6) is 0 Å². The summed E-state index contributed by atoms with van der Waals surface area (Å²) in [4.78, 5) is 15.9. The Morgan fingerprint density at radius 1 is 1.41 bits per heavy atom. The average Bonchev–Trinajstić information content (AvgIpc) is 2.70. The topological polar surface area (TPSA) is 23.6 Å². The molecule has 1 fully saturated rings. The van der Waals surface area contributed by atoms with Crippen molar-refractivity contribution in [3.63, 3.8) is 0 Å². The molecule has 1 aliphatic rings. The molecule has 1 aromatic rings. The van der Waals surface area contributed by atoms with Crippen LogP contribution in [0.4, 0.5) is 11.4 Å². The first kappa shape index (κ1) is 12.3. The standard InChI is InChI=1S/C13H18N2OS/c1-14(2)11-5-3-4-6-12(11)15-8-10(9-17)7-13(15)16/h3-6,10,17H,7-9H2,1-2H3. The number of thiol groups is 1. The molecule has 0 bridgehead atoms. The van der Waals surface area contributed by atoms with E-state index in [0.717, 1.165) is 23.7 Å². The van der Waals surface area contributed by atoms with Crippen LogP contribution in [0.1, 0.15) is 6.42 Å². The van der Waals surface area contributed by atoms with Gasteiger partial charge in [-0.2, -0.15) is 12.6 Å². The molecule has 0 radical (unpaired) electrons. The van der Waals surface area contributed by atoms with Crippen LogP contribution < -0.4 is 9.80 Å². The molecule has 0 aliphatic carbocycles. The quantitative estimate of drug-likeness (QED) is 0.830. The van der Waals surface area contributed by atoms with E-state index < -0.39 is 0 Å². The molecule has 17 heavy (non-hydrogen) atoms. The molecule has 1 amide bonds. The van der Waals surface area contributed by atoms with Gasteiger partial charge in [-0.15, -0.1) is 0 Å². The van der Waals surface area contributed by atoms with E-state index in [0.29, 0.717) is 12.3 Å².